The van der Waals surface area contributed by atoms with Gasteiger partial charge in [-0.1, -0.05) is 26.7 Å². The van der Waals surface area contributed by atoms with Crippen molar-refractivity contribution in [2.45, 2.75) is 90.8 Å². The number of rotatable bonds is 5. The summed E-state index contributed by atoms with van der Waals surface area (Å²) < 4.78 is 11.4. The number of ether oxygens (including phenoxy) is 2. The Morgan fingerprint density at radius 3 is 1.87 bits per heavy atom. The third-order valence-electron chi connectivity index (χ3n) is 7.02. The van der Waals surface area contributed by atoms with Crippen LogP contribution < -0.4 is 0 Å². The third-order valence-corrected chi connectivity index (χ3v) is 7.02. The van der Waals surface area contributed by atoms with Gasteiger partial charge in [-0.15, -0.1) is 0 Å². The van der Waals surface area contributed by atoms with Crippen molar-refractivity contribution in [3.05, 3.63) is 0 Å². The molecule has 0 spiro atoms. The van der Waals surface area contributed by atoms with Gasteiger partial charge in [0.25, 0.3) is 0 Å². The molecule has 0 atom stereocenters. The first-order valence-electron chi connectivity index (χ1n) is 10.5. The fraction of sp³-hybridized carbons (Fsp3) is 1.00. The average molecular weight is 323 g/mol. The van der Waals surface area contributed by atoms with E-state index in [2.05, 4.69) is 13.8 Å². The summed E-state index contributed by atoms with van der Waals surface area (Å²) in [6.45, 7) is 6.62. The van der Waals surface area contributed by atoms with Crippen LogP contribution in [0.1, 0.15) is 84.5 Å². The molecule has 0 bridgehead atoms. The minimum atomic E-state index is 0.104. The molecular weight excluding hydrogens is 284 g/mol. The Hall–Kier alpha value is -0.0800. The van der Waals surface area contributed by atoms with E-state index in [1.807, 2.05) is 0 Å². The van der Waals surface area contributed by atoms with Gasteiger partial charge in [0, 0.05) is 0 Å². The van der Waals surface area contributed by atoms with Crippen LogP contribution in [-0.4, -0.2) is 19.5 Å². The SMILES string of the molecule is CC(C)C1CCC(C2CCC(CCC3OCCCO3)CC2)CC1. The van der Waals surface area contributed by atoms with Gasteiger partial charge >= 0.3 is 0 Å². The lowest BCUT2D eigenvalue weighted by molar-refractivity contribution is -0.183. The van der Waals surface area contributed by atoms with E-state index in [1.54, 1.807) is 0 Å². The molecular formula is C21H38O2. The highest BCUT2D eigenvalue weighted by Crippen LogP contribution is 2.43. The van der Waals surface area contributed by atoms with Gasteiger partial charge in [-0.05, 0) is 87.4 Å². The maximum Gasteiger partial charge on any atom is 0.157 e. The molecule has 1 heterocycles. The Kier molecular flexibility index (Phi) is 6.83. The van der Waals surface area contributed by atoms with Crippen LogP contribution >= 0.6 is 0 Å². The molecule has 0 aromatic heterocycles. The highest BCUT2D eigenvalue weighted by molar-refractivity contribution is 4.82. The average Bonchev–Trinajstić information content (AvgIpc) is 2.61. The molecule has 3 aliphatic rings. The molecule has 0 N–H and O–H groups in total. The maximum atomic E-state index is 5.69. The molecule has 0 aromatic carbocycles. The van der Waals surface area contributed by atoms with Crippen LogP contribution in [0.15, 0.2) is 0 Å². The van der Waals surface area contributed by atoms with Crippen LogP contribution in [0.4, 0.5) is 0 Å². The quantitative estimate of drug-likeness (QED) is 0.637. The normalized spacial score (nSPS) is 37.2. The Morgan fingerprint density at radius 1 is 0.739 bits per heavy atom. The van der Waals surface area contributed by atoms with Crippen molar-refractivity contribution in [3.8, 4) is 0 Å². The Bertz CT molecular complexity index is 319. The van der Waals surface area contributed by atoms with E-state index in [4.69, 9.17) is 9.47 Å². The van der Waals surface area contributed by atoms with Gasteiger partial charge in [-0.3, -0.25) is 0 Å². The van der Waals surface area contributed by atoms with E-state index in [0.29, 0.717) is 0 Å². The fourth-order valence-corrected chi connectivity index (χ4v) is 5.31. The summed E-state index contributed by atoms with van der Waals surface area (Å²) in [7, 11) is 0. The monoisotopic (exact) mass is 322 g/mol. The molecule has 2 aliphatic carbocycles. The molecule has 3 fully saturated rings. The molecule has 2 nitrogen and oxygen atoms in total. The summed E-state index contributed by atoms with van der Waals surface area (Å²) in [6.07, 6.45) is 15.5. The molecule has 134 valence electrons. The van der Waals surface area contributed by atoms with Crippen LogP contribution in [0, 0.1) is 29.6 Å². The van der Waals surface area contributed by atoms with E-state index in [9.17, 15) is 0 Å². The highest BCUT2D eigenvalue weighted by atomic mass is 16.7. The summed E-state index contributed by atoms with van der Waals surface area (Å²) in [5, 5.41) is 0. The molecule has 0 aromatic rings. The van der Waals surface area contributed by atoms with Crippen LogP contribution in [0.5, 0.6) is 0 Å². The van der Waals surface area contributed by atoms with Crippen molar-refractivity contribution >= 4 is 0 Å². The van der Waals surface area contributed by atoms with Crippen molar-refractivity contribution in [2.24, 2.45) is 29.6 Å². The lowest BCUT2D eigenvalue weighted by atomic mass is 9.67. The third kappa shape index (κ3) is 5.19. The molecule has 23 heavy (non-hydrogen) atoms. The highest BCUT2D eigenvalue weighted by Gasteiger charge is 2.31. The molecule has 2 heteroatoms. The van der Waals surface area contributed by atoms with Gasteiger partial charge in [0.2, 0.25) is 0 Å². The summed E-state index contributed by atoms with van der Waals surface area (Å²) in [5.74, 6) is 4.94. The maximum absolute atomic E-state index is 5.69. The van der Waals surface area contributed by atoms with Crippen molar-refractivity contribution in [1.82, 2.24) is 0 Å². The lowest BCUT2D eigenvalue weighted by Crippen LogP contribution is -2.28. The molecule has 1 aliphatic heterocycles. The molecule has 2 saturated carbocycles. The first-order chi connectivity index (χ1) is 11.2. The van der Waals surface area contributed by atoms with Crippen LogP contribution in [0.25, 0.3) is 0 Å². The Morgan fingerprint density at radius 2 is 1.30 bits per heavy atom. The first-order valence-corrected chi connectivity index (χ1v) is 10.5. The molecule has 0 amide bonds. The van der Waals surface area contributed by atoms with Crippen molar-refractivity contribution in [1.29, 1.82) is 0 Å². The summed E-state index contributed by atoms with van der Waals surface area (Å²) >= 11 is 0. The zero-order valence-corrected chi connectivity index (χ0v) is 15.5. The van der Waals surface area contributed by atoms with Gasteiger partial charge in [0.1, 0.15) is 0 Å². The van der Waals surface area contributed by atoms with Gasteiger partial charge in [0.05, 0.1) is 13.2 Å². The Balaban J connectivity index is 1.32. The lowest BCUT2D eigenvalue weighted by Gasteiger charge is -2.39. The van der Waals surface area contributed by atoms with Gasteiger partial charge in [0.15, 0.2) is 6.29 Å². The van der Waals surface area contributed by atoms with Crippen molar-refractivity contribution < 1.29 is 9.47 Å². The molecule has 3 rings (SSSR count). The van der Waals surface area contributed by atoms with E-state index < -0.39 is 0 Å². The first kappa shape index (κ1) is 17.7. The van der Waals surface area contributed by atoms with E-state index in [-0.39, 0.29) is 6.29 Å². The second-order valence-electron chi connectivity index (χ2n) is 8.80. The second kappa shape index (κ2) is 8.85. The molecule has 0 unspecified atom stereocenters. The Labute approximate surface area is 143 Å². The van der Waals surface area contributed by atoms with Crippen LogP contribution in [-0.2, 0) is 9.47 Å². The van der Waals surface area contributed by atoms with Gasteiger partial charge < -0.3 is 9.47 Å². The topological polar surface area (TPSA) is 18.5 Å². The van der Waals surface area contributed by atoms with Crippen LogP contribution in [0.3, 0.4) is 0 Å². The largest absolute Gasteiger partial charge is 0.353 e. The zero-order chi connectivity index (χ0) is 16.1. The standard InChI is InChI=1S/C21H38O2/c1-16(2)18-9-11-20(12-10-18)19-7-4-17(5-8-19)6-13-21-22-14-3-15-23-21/h16-21H,3-15H2,1-2H3. The minimum absolute atomic E-state index is 0.104. The number of hydrogen-bond acceptors (Lipinski definition) is 2. The van der Waals surface area contributed by atoms with Gasteiger partial charge in [-0.25, -0.2) is 0 Å². The summed E-state index contributed by atoms with van der Waals surface area (Å²) in [6, 6.07) is 0. The van der Waals surface area contributed by atoms with Crippen molar-refractivity contribution in [3.63, 3.8) is 0 Å². The van der Waals surface area contributed by atoms with E-state index in [0.717, 1.165) is 55.6 Å². The smallest absolute Gasteiger partial charge is 0.157 e. The van der Waals surface area contributed by atoms with Gasteiger partial charge in [-0.2, -0.15) is 0 Å². The molecule has 1 saturated heterocycles. The predicted molar refractivity (Wildman–Crippen MR) is 95.3 cm³/mol. The van der Waals surface area contributed by atoms with E-state index >= 15 is 0 Å². The van der Waals surface area contributed by atoms with E-state index in [1.165, 1.54) is 57.8 Å². The summed E-state index contributed by atoms with van der Waals surface area (Å²) in [4.78, 5) is 0. The number of hydrogen-bond donors (Lipinski definition) is 0. The van der Waals surface area contributed by atoms with Crippen molar-refractivity contribution in [2.75, 3.05) is 13.2 Å². The zero-order valence-electron chi connectivity index (χ0n) is 15.5. The second-order valence-corrected chi connectivity index (χ2v) is 8.80. The fourth-order valence-electron chi connectivity index (χ4n) is 5.31. The minimum Gasteiger partial charge on any atom is -0.353 e. The molecule has 0 radical (unpaired) electrons. The van der Waals surface area contributed by atoms with Crippen LogP contribution in [0.2, 0.25) is 0 Å². The summed E-state index contributed by atoms with van der Waals surface area (Å²) in [5.41, 5.74) is 0. The predicted octanol–water partition coefficient (Wildman–Crippen LogP) is 5.80.